The van der Waals surface area contributed by atoms with Gasteiger partial charge < -0.3 is 15.5 Å². The van der Waals surface area contributed by atoms with E-state index in [9.17, 15) is 4.79 Å². The van der Waals surface area contributed by atoms with E-state index in [1.165, 1.54) is 16.7 Å². The second-order valence-corrected chi connectivity index (χ2v) is 5.66. The molecule has 0 aliphatic carbocycles. The summed E-state index contributed by atoms with van der Waals surface area (Å²) in [6.07, 6.45) is 0.925. The SMILES string of the molecule is CCNC(=NCC(=O)N(C)C)NCCc1cc(C)cc(C)c1.I. The zero-order valence-electron chi connectivity index (χ0n) is 14.8. The van der Waals surface area contributed by atoms with Gasteiger partial charge in [-0.15, -0.1) is 24.0 Å². The maximum absolute atomic E-state index is 11.6. The molecule has 1 amide bonds. The van der Waals surface area contributed by atoms with E-state index in [-0.39, 0.29) is 36.4 Å². The van der Waals surface area contributed by atoms with E-state index in [0.717, 1.165) is 19.5 Å². The Balaban J connectivity index is 0.00000484. The Morgan fingerprint density at radius 3 is 2.26 bits per heavy atom. The van der Waals surface area contributed by atoms with Crippen LogP contribution in [0.1, 0.15) is 23.6 Å². The van der Waals surface area contributed by atoms with Gasteiger partial charge in [0.15, 0.2) is 5.96 Å². The van der Waals surface area contributed by atoms with Gasteiger partial charge in [-0.25, -0.2) is 4.99 Å². The highest BCUT2D eigenvalue weighted by atomic mass is 127. The molecule has 2 N–H and O–H groups in total. The molecule has 0 fully saturated rings. The number of guanidine groups is 1. The minimum atomic E-state index is -0.00786. The van der Waals surface area contributed by atoms with Gasteiger partial charge >= 0.3 is 0 Å². The number of halogens is 1. The number of likely N-dealkylation sites (N-methyl/N-ethyl adjacent to an activating group) is 1. The van der Waals surface area contributed by atoms with E-state index >= 15 is 0 Å². The van der Waals surface area contributed by atoms with Crippen LogP contribution in [-0.2, 0) is 11.2 Å². The van der Waals surface area contributed by atoms with E-state index in [0.29, 0.717) is 5.96 Å². The van der Waals surface area contributed by atoms with Crippen LogP contribution in [0.4, 0.5) is 0 Å². The van der Waals surface area contributed by atoms with Crippen molar-refractivity contribution in [1.29, 1.82) is 0 Å². The van der Waals surface area contributed by atoms with Crippen LogP contribution in [-0.4, -0.2) is 50.5 Å². The number of nitrogens with zero attached hydrogens (tertiary/aromatic N) is 2. The number of carbonyl (C=O) groups is 1. The molecular formula is C17H29IN4O. The molecule has 0 aliphatic rings. The third-order valence-electron chi connectivity index (χ3n) is 3.20. The highest BCUT2D eigenvalue weighted by molar-refractivity contribution is 14.0. The molecule has 23 heavy (non-hydrogen) atoms. The van der Waals surface area contributed by atoms with Crippen molar-refractivity contribution in [3.63, 3.8) is 0 Å². The standard InChI is InChI=1S/C17H28N4O.HI/c1-6-18-17(20-12-16(22)21(4)5)19-8-7-15-10-13(2)9-14(3)11-15;/h9-11H,6-8,12H2,1-5H3,(H2,18,19,20);1H. The maximum atomic E-state index is 11.6. The minimum Gasteiger partial charge on any atom is -0.357 e. The van der Waals surface area contributed by atoms with Gasteiger partial charge in [0, 0.05) is 27.2 Å². The first-order valence-electron chi connectivity index (χ1n) is 7.72. The quantitative estimate of drug-likeness (QED) is 0.412. The summed E-state index contributed by atoms with van der Waals surface area (Å²) >= 11 is 0. The first-order valence-corrected chi connectivity index (χ1v) is 7.72. The lowest BCUT2D eigenvalue weighted by Gasteiger charge is -2.13. The summed E-state index contributed by atoms with van der Waals surface area (Å²) in [6.45, 7) is 7.95. The average molecular weight is 432 g/mol. The van der Waals surface area contributed by atoms with Crippen LogP contribution >= 0.6 is 24.0 Å². The first-order chi connectivity index (χ1) is 10.4. The molecular weight excluding hydrogens is 403 g/mol. The monoisotopic (exact) mass is 432 g/mol. The number of hydrogen-bond acceptors (Lipinski definition) is 2. The third kappa shape index (κ3) is 8.78. The highest BCUT2D eigenvalue weighted by Crippen LogP contribution is 2.08. The van der Waals surface area contributed by atoms with Gasteiger partial charge in [0.25, 0.3) is 0 Å². The normalized spacial score (nSPS) is 10.7. The fraction of sp³-hybridized carbons (Fsp3) is 0.529. The number of aryl methyl sites for hydroxylation is 2. The fourth-order valence-corrected chi connectivity index (χ4v) is 2.17. The Labute approximate surface area is 157 Å². The van der Waals surface area contributed by atoms with Gasteiger partial charge in [-0.3, -0.25) is 4.79 Å². The lowest BCUT2D eigenvalue weighted by atomic mass is 10.1. The van der Waals surface area contributed by atoms with Crippen LogP contribution in [0, 0.1) is 13.8 Å². The largest absolute Gasteiger partial charge is 0.357 e. The van der Waals surface area contributed by atoms with Gasteiger partial charge in [0.05, 0.1) is 0 Å². The lowest BCUT2D eigenvalue weighted by molar-refractivity contribution is -0.127. The summed E-state index contributed by atoms with van der Waals surface area (Å²) in [5, 5.41) is 6.42. The third-order valence-corrected chi connectivity index (χ3v) is 3.20. The zero-order valence-corrected chi connectivity index (χ0v) is 17.1. The summed E-state index contributed by atoms with van der Waals surface area (Å²) in [6, 6.07) is 6.58. The molecule has 1 rings (SSSR count). The van der Waals surface area contributed by atoms with E-state index in [4.69, 9.17) is 0 Å². The Hall–Kier alpha value is -1.31. The molecule has 0 heterocycles. The van der Waals surface area contributed by atoms with Gasteiger partial charge in [-0.2, -0.15) is 0 Å². The fourth-order valence-electron chi connectivity index (χ4n) is 2.17. The molecule has 0 unspecified atom stereocenters. The van der Waals surface area contributed by atoms with Crippen LogP contribution in [0.5, 0.6) is 0 Å². The molecule has 0 aromatic heterocycles. The number of nitrogens with one attached hydrogen (secondary N) is 2. The smallest absolute Gasteiger partial charge is 0.243 e. The van der Waals surface area contributed by atoms with Crippen molar-refractivity contribution in [2.75, 3.05) is 33.7 Å². The second-order valence-electron chi connectivity index (χ2n) is 5.66. The van der Waals surface area contributed by atoms with Gasteiger partial charge in [-0.05, 0) is 32.8 Å². The minimum absolute atomic E-state index is 0. The molecule has 130 valence electrons. The summed E-state index contributed by atoms with van der Waals surface area (Å²) in [5.41, 5.74) is 3.88. The molecule has 0 saturated carbocycles. The highest BCUT2D eigenvalue weighted by Gasteiger charge is 2.04. The van der Waals surface area contributed by atoms with Crippen molar-refractivity contribution in [3.05, 3.63) is 34.9 Å². The molecule has 6 heteroatoms. The molecule has 0 saturated heterocycles. The van der Waals surface area contributed by atoms with Crippen LogP contribution in [0.25, 0.3) is 0 Å². The number of carbonyl (C=O) groups excluding carboxylic acids is 1. The summed E-state index contributed by atoms with van der Waals surface area (Å²) < 4.78 is 0. The van der Waals surface area contributed by atoms with Crippen LogP contribution in [0.2, 0.25) is 0 Å². The van der Waals surface area contributed by atoms with Crippen molar-refractivity contribution in [3.8, 4) is 0 Å². The van der Waals surface area contributed by atoms with Crippen molar-refractivity contribution < 1.29 is 4.79 Å². The number of benzene rings is 1. The molecule has 0 bridgehead atoms. The van der Waals surface area contributed by atoms with Gasteiger partial charge in [0.2, 0.25) is 5.91 Å². The number of aliphatic imine (C=N–C) groups is 1. The van der Waals surface area contributed by atoms with E-state index < -0.39 is 0 Å². The predicted molar refractivity (Wildman–Crippen MR) is 108 cm³/mol. The average Bonchev–Trinajstić information content (AvgIpc) is 2.43. The summed E-state index contributed by atoms with van der Waals surface area (Å²) in [4.78, 5) is 17.4. The molecule has 0 atom stereocenters. The topological polar surface area (TPSA) is 56.7 Å². The van der Waals surface area contributed by atoms with Crippen LogP contribution in [0.15, 0.2) is 23.2 Å². The van der Waals surface area contributed by atoms with Crippen molar-refractivity contribution in [2.24, 2.45) is 4.99 Å². The number of amides is 1. The Morgan fingerprint density at radius 2 is 1.74 bits per heavy atom. The zero-order chi connectivity index (χ0) is 16.5. The molecule has 0 aliphatic heterocycles. The van der Waals surface area contributed by atoms with Crippen LogP contribution < -0.4 is 10.6 Å². The predicted octanol–water partition coefficient (Wildman–Crippen LogP) is 2.11. The molecule has 1 aromatic carbocycles. The van der Waals surface area contributed by atoms with Crippen molar-refractivity contribution in [1.82, 2.24) is 15.5 Å². The molecule has 5 nitrogen and oxygen atoms in total. The second kappa shape index (κ2) is 11.3. The van der Waals surface area contributed by atoms with Crippen LogP contribution in [0.3, 0.4) is 0 Å². The van der Waals surface area contributed by atoms with E-state index in [1.807, 2.05) is 6.92 Å². The van der Waals surface area contributed by atoms with Gasteiger partial charge in [-0.1, -0.05) is 29.3 Å². The first kappa shape index (κ1) is 21.7. The molecule has 0 radical (unpaired) electrons. The van der Waals surface area contributed by atoms with E-state index in [2.05, 4.69) is 47.7 Å². The number of rotatable bonds is 6. The van der Waals surface area contributed by atoms with E-state index in [1.54, 1.807) is 19.0 Å². The Bertz CT molecular complexity index is 509. The summed E-state index contributed by atoms with van der Waals surface area (Å²) in [5.74, 6) is 0.675. The maximum Gasteiger partial charge on any atom is 0.243 e. The molecule has 0 spiro atoms. The summed E-state index contributed by atoms with van der Waals surface area (Å²) in [7, 11) is 3.47. The van der Waals surface area contributed by atoms with Crippen molar-refractivity contribution in [2.45, 2.75) is 27.2 Å². The van der Waals surface area contributed by atoms with Gasteiger partial charge in [0.1, 0.15) is 6.54 Å². The number of hydrogen-bond donors (Lipinski definition) is 2. The Morgan fingerprint density at radius 1 is 1.13 bits per heavy atom. The Kier molecular flexibility index (Phi) is 10.6. The lowest BCUT2D eigenvalue weighted by Crippen LogP contribution is -2.39. The van der Waals surface area contributed by atoms with Crippen molar-refractivity contribution >= 4 is 35.8 Å². The molecule has 1 aromatic rings.